The number of likely N-dealkylation sites (N-methyl/N-ethyl adjacent to an activating group) is 1. The molecule has 0 unspecified atom stereocenters. The summed E-state index contributed by atoms with van der Waals surface area (Å²) in [6.07, 6.45) is 2.65. The Morgan fingerprint density at radius 1 is 1.24 bits per heavy atom. The molecule has 1 fully saturated rings. The molecule has 2 atom stereocenters. The van der Waals surface area contributed by atoms with E-state index in [0.717, 1.165) is 18.2 Å². The number of fused-ring (bicyclic) bond motifs is 1. The van der Waals surface area contributed by atoms with E-state index < -0.39 is 0 Å². The third kappa shape index (κ3) is 3.99. The van der Waals surface area contributed by atoms with Gasteiger partial charge in [-0.15, -0.1) is 0 Å². The van der Waals surface area contributed by atoms with Crippen molar-refractivity contribution < 1.29 is 14.1 Å². The van der Waals surface area contributed by atoms with Crippen LogP contribution in [0.2, 0.25) is 0 Å². The Balaban J connectivity index is 1.50. The smallest absolute Gasteiger partial charge is 0.226 e. The summed E-state index contributed by atoms with van der Waals surface area (Å²) >= 11 is 0. The highest BCUT2D eigenvalue weighted by atomic mass is 16.5. The molecule has 0 saturated carbocycles. The number of hydrogen-bond donors (Lipinski definition) is 2. The molecule has 7 heteroatoms. The number of nitrogens with zero attached hydrogens (tertiary/aromatic N) is 2. The minimum atomic E-state index is -0.0674. The van der Waals surface area contributed by atoms with Crippen LogP contribution < -0.4 is 10.6 Å². The van der Waals surface area contributed by atoms with Gasteiger partial charge in [0.1, 0.15) is 5.69 Å². The van der Waals surface area contributed by atoms with E-state index in [4.69, 9.17) is 4.52 Å². The fourth-order valence-corrected chi connectivity index (χ4v) is 3.41. The number of aromatic nitrogens is 1. The lowest BCUT2D eigenvalue weighted by atomic mass is 10.1. The summed E-state index contributed by atoms with van der Waals surface area (Å²) in [6.45, 7) is 0.579. The predicted octanol–water partition coefficient (Wildman–Crippen LogP) is 1.09. The van der Waals surface area contributed by atoms with Crippen molar-refractivity contribution in [1.29, 1.82) is 0 Å². The molecule has 25 heavy (non-hydrogen) atoms. The van der Waals surface area contributed by atoms with Crippen LogP contribution in [0.3, 0.4) is 0 Å². The molecule has 0 radical (unpaired) electrons. The first-order valence-corrected chi connectivity index (χ1v) is 8.61. The average Bonchev–Trinajstić information content (AvgIpc) is 3.18. The van der Waals surface area contributed by atoms with Crippen molar-refractivity contribution in [3.63, 3.8) is 0 Å². The van der Waals surface area contributed by atoms with Gasteiger partial charge in [0.05, 0.1) is 6.42 Å². The summed E-state index contributed by atoms with van der Waals surface area (Å²) in [5.74, 6) is -0.0124. The van der Waals surface area contributed by atoms with E-state index in [1.165, 1.54) is 0 Å². The SMILES string of the molecule is CNC(=O)C[C@H]1CC[C@@H](CNC(=O)Cc2noc3ccccc23)N1C. The molecule has 2 amide bonds. The van der Waals surface area contributed by atoms with Crippen LogP contribution in [0.5, 0.6) is 0 Å². The van der Waals surface area contributed by atoms with Gasteiger partial charge in [-0.3, -0.25) is 14.5 Å². The van der Waals surface area contributed by atoms with Gasteiger partial charge < -0.3 is 15.2 Å². The normalized spacial score (nSPS) is 20.7. The summed E-state index contributed by atoms with van der Waals surface area (Å²) in [6, 6.07) is 8.02. The maximum atomic E-state index is 12.2. The summed E-state index contributed by atoms with van der Waals surface area (Å²) < 4.78 is 5.23. The average molecular weight is 344 g/mol. The summed E-state index contributed by atoms with van der Waals surface area (Å²) in [5, 5.41) is 10.5. The maximum absolute atomic E-state index is 12.2. The van der Waals surface area contributed by atoms with Gasteiger partial charge >= 0.3 is 0 Å². The molecule has 1 saturated heterocycles. The zero-order valence-corrected chi connectivity index (χ0v) is 14.6. The molecule has 3 rings (SSSR count). The topological polar surface area (TPSA) is 87.5 Å². The first-order chi connectivity index (χ1) is 12.1. The van der Waals surface area contributed by atoms with Crippen molar-refractivity contribution in [2.24, 2.45) is 0 Å². The Morgan fingerprint density at radius 3 is 2.80 bits per heavy atom. The highest BCUT2D eigenvalue weighted by molar-refractivity contribution is 5.86. The lowest BCUT2D eigenvalue weighted by Gasteiger charge is -2.25. The molecule has 2 N–H and O–H groups in total. The van der Waals surface area contributed by atoms with E-state index in [-0.39, 0.29) is 30.3 Å². The van der Waals surface area contributed by atoms with E-state index in [2.05, 4.69) is 20.7 Å². The number of benzene rings is 1. The van der Waals surface area contributed by atoms with Crippen molar-refractivity contribution in [2.75, 3.05) is 20.6 Å². The lowest BCUT2D eigenvalue weighted by molar-refractivity contribution is -0.122. The van der Waals surface area contributed by atoms with E-state index in [0.29, 0.717) is 24.2 Å². The highest BCUT2D eigenvalue weighted by Gasteiger charge is 2.31. The Kier molecular flexibility index (Phi) is 5.33. The van der Waals surface area contributed by atoms with Gasteiger partial charge in [0.2, 0.25) is 11.8 Å². The van der Waals surface area contributed by atoms with E-state index in [1.807, 2.05) is 31.3 Å². The van der Waals surface area contributed by atoms with Crippen LogP contribution >= 0.6 is 0 Å². The van der Waals surface area contributed by atoms with Gasteiger partial charge in [-0.1, -0.05) is 17.3 Å². The first kappa shape index (κ1) is 17.4. The van der Waals surface area contributed by atoms with Crippen LogP contribution in [-0.4, -0.2) is 54.6 Å². The number of para-hydroxylation sites is 1. The standard InChI is InChI=1S/C18H24N4O3/c1-19-17(23)9-12-7-8-13(22(12)2)11-20-18(24)10-15-14-5-3-4-6-16(14)25-21-15/h3-6,12-13H,7-11H2,1-2H3,(H,19,23)(H,20,24)/t12-,13+/m1/s1. The van der Waals surface area contributed by atoms with Crippen LogP contribution in [0, 0.1) is 0 Å². The predicted molar refractivity (Wildman–Crippen MR) is 94.0 cm³/mol. The fourth-order valence-electron chi connectivity index (χ4n) is 3.41. The molecular weight excluding hydrogens is 320 g/mol. The minimum absolute atomic E-state index is 0.0550. The molecule has 1 aromatic carbocycles. The fraction of sp³-hybridized carbons (Fsp3) is 0.500. The van der Waals surface area contributed by atoms with Crippen molar-refractivity contribution >= 4 is 22.8 Å². The second-order valence-corrected chi connectivity index (χ2v) is 6.53. The molecule has 1 aliphatic rings. The highest BCUT2D eigenvalue weighted by Crippen LogP contribution is 2.24. The van der Waals surface area contributed by atoms with E-state index >= 15 is 0 Å². The largest absolute Gasteiger partial charge is 0.359 e. The maximum Gasteiger partial charge on any atom is 0.226 e. The number of likely N-dealkylation sites (tertiary alicyclic amines) is 1. The van der Waals surface area contributed by atoms with Crippen LogP contribution in [0.15, 0.2) is 28.8 Å². The number of hydrogen-bond acceptors (Lipinski definition) is 5. The molecule has 134 valence electrons. The number of carbonyl (C=O) groups is 2. The molecule has 1 aliphatic heterocycles. The van der Waals surface area contributed by atoms with Crippen molar-refractivity contribution in [3.05, 3.63) is 30.0 Å². The minimum Gasteiger partial charge on any atom is -0.359 e. The molecule has 2 aromatic rings. The zero-order valence-electron chi connectivity index (χ0n) is 14.6. The number of rotatable bonds is 6. The Labute approximate surface area is 146 Å². The van der Waals surface area contributed by atoms with E-state index in [9.17, 15) is 9.59 Å². The Hall–Kier alpha value is -2.41. The van der Waals surface area contributed by atoms with Gasteiger partial charge in [-0.2, -0.15) is 0 Å². The van der Waals surface area contributed by atoms with Crippen molar-refractivity contribution in [3.8, 4) is 0 Å². The first-order valence-electron chi connectivity index (χ1n) is 8.61. The monoisotopic (exact) mass is 344 g/mol. The molecule has 0 bridgehead atoms. The third-order valence-electron chi connectivity index (χ3n) is 5.00. The summed E-state index contributed by atoms with van der Waals surface area (Å²) in [4.78, 5) is 26.0. The molecular formula is C18H24N4O3. The van der Waals surface area contributed by atoms with Crippen LogP contribution in [0.4, 0.5) is 0 Å². The second kappa shape index (κ2) is 7.65. The zero-order chi connectivity index (χ0) is 17.8. The van der Waals surface area contributed by atoms with Gasteiger partial charge in [-0.25, -0.2) is 0 Å². The molecule has 0 aliphatic carbocycles. The third-order valence-corrected chi connectivity index (χ3v) is 5.00. The molecule has 7 nitrogen and oxygen atoms in total. The number of amides is 2. The molecule has 0 spiro atoms. The van der Waals surface area contributed by atoms with Gasteiger partial charge in [0, 0.05) is 37.5 Å². The van der Waals surface area contributed by atoms with Crippen LogP contribution in [0.25, 0.3) is 11.0 Å². The lowest BCUT2D eigenvalue weighted by Crippen LogP contribution is -2.42. The Bertz CT molecular complexity index is 758. The number of nitrogens with one attached hydrogen (secondary N) is 2. The van der Waals surface area contributed by atoms with Crippen LogP contribution in [-0.2, 0) is 16.0 Å². The molecule has 1 aromatic heterocycles. The quantitative estimate of drug-likeness (QED) is 0.819. The molecule has 2 heterocycles. The van der Waals surface area contributed by atoms with Crippen molar-refractivity contribution in [1.82, 2.24) is 20.7 Å². The van der Waals surface area contributed by atoms with Gasteiger partial charge in [0.15, 0.2) is 5.58 Å². The second-order valence-electron chi connectivity index (χ2n) is 6.53. The Morgan fingerprint density at radius 2 is 2.00 bits per heavy atom. The summed E-state index contributed by atoms with van der Waals surface area (Å²) in [7, 11) is 3.67. The van der Waals surface area contributed by atoms with Crippen molar-refractivity contribution in [2.45, 2.75) is 37.8 Å². The van der Waals surface area contributed by atoms with Gasteiger partial charge in [-0.05, 0) is 32.0 Å². The van der Waals surface area contributed by atoms with Crippen LogP contribution in [0.1, 0.15) is 25.0 Å². The number of carbonyl (C=O) groups excluding carboxylic acids is 2. The van der Waals surface area contributed by atoms with Gasteiger partial charge in [0.25, 0.3) is 0 Å². The van der Waals surface area contributed by atoms with E-state index in [1.54, 1.807) is 7.05 Å². The summed E-state index contributed by atoms with van der Waals surface area (Å²) in [5.41, 5.74) is 1.35.